The number of fused-ring (bicyclic) bond motifs is 1. The van der Waals surface area contributed by atoms with Gasteiger partial charge in [0.25, 0.3) is 0 Å². The van der Waals surface area contributed by atoms with Crippen LogP contribution in [0, 0.1) is 0 Å². The van der Waals surface area contributed by atoms with Crippen molar-refractivity contribution in [3.05, 3.63) is 71.3 Å². The lowest BCUT2D eigenvalue weighted by molar-refractivity contribution is -0.130. The number of hydrogen-bond acceptors (Lipinski definition) is 3. The first-order chi connectivity index (χ1) is 16.1. The van der Waals surface area contributed by atoms with Gasteiger partial charge in [0.1, 0.15) is 12.1 Å². The molecular weight excluding hydrogens is 424 g/mol. The predicted molar refractivity (Wildman–Crippen MR) is 143 cm³/mol. The van der Waals surface area contributed by atoms with Gasteiger partial charge >= 0.3 is 6.09 Å². The van der Waals surface area contributed by atoms with Crippen LogP contribution < -0.4 is 5.32 Å². The Morgan fingerprint density at radius 1 is 1.12 bits per heavy atom. The van der Waals surface area contributed by atoms with Gasteiger partial charge < -0.3 is 15.0 Å². The molecule has 5 nitrogen and oxygen atoms in total. The second-order valence-corrected chi connectivity index (χ2v) is 8.97. The Hall–Kier alpha value is -3.08. The van der Waals surface area contributed by atoms with Crippen LogP contribution in [0.4, 0.5) is 4.79 Å². The van der Waals surface area contributed by atoms with E-state index in [0.717, 1.165) is 12.8 Å². The maximum absolute atomic E-state index is 12.5. The third kappa shape index (κ3) is 9.42. The Morgan fingerprint density at radius 3 is 2.29 bits per heavy atom. The van der Waals surface area contributed by atoms with Crippen molar-refractivity contribution in [3.63, 3.8) is 0 Å². The molecule has 34 heavy (non-hydrogen) atoms. The van der Waals surface area contributed by atoms with Crippen molar-refractivity contribution in [2.24, 2.45) is 0 Å². The van der Waals surface area contributed by atoms with Crippen LogP contribution >= 0.6 is 0 Å². The average Bonchev–Trinajstić information content (AvgIpc) is 2.97. The lowest BCUT2D eigenvalue weighted by Crippen LogP contribution is -2.44. The van der Waals surface area contributed by atoms with Crippen LogP contribution in [0.5, 0.6) is 0 Å². The number of carbonyl (C=O) groups is 2. The van der Waals surface area contributed by atoms with Crippen molar-refractivity contribution >= 4 is 23.6 Å². The molecule has 1 aromatic carbocycles. The fraction of sp³-hybridized carbons (Fsp3) is 0.448. The highest BCUT2D eigenvalue weighted by atomic mass is 16.6. The minimum Gasteiger partial charge on any atom is -0.444 e. The van der Waals surface area contributed by atoms with Gasteiger partial charge in [-0.1, -0.05) is 73.6 Å². The normalized spacial score (nSPS) is 14.8. The van der Waals surface area contributed by atoms with Crippen LogP contribution in [0.3, 0.4) is 0 Å². The molecule has 1 heterocycles. The molecule has 0 spiro atoms. The second kappa shape index (κ2) is 14.2. The number of nitrogens with zero attached hydrogens (tertiary/aromatic N) is 1. The number of benzene rings is 1. The molecule has 1 fully saturated rings. The molecule has 1 aliphatic carbocycles. The van der Waals surface area contributed by atoms with Gasteiger partial charge in [0.15, 0.2) is 0 Å². The zero-order chi connectivity index (χ0) is 25.7. The zero-order valence-corrected chi connectivity index (χ0v) is 22.0. The zero-order valence-electron chi connectivity index (χ0n) is 22.0. The SMILES string of the molecule is C=CC.CC.CC1=CC(=C2CCN(C(=O)CNC(=O)OC(C)(C)C)CC2)c2ccccc2C=C1. The molecule has 0 aromatic heterocycles. The second-order valence-electron chi connectivity index (χ2n) is 8.97. The Labute approximate surface area is 206 Å². The summed E-state index contributed by atoms with van der Waals surface area (Å²) in [5.41, 5.74) is 5.79. The Morgan fingerprint density at radius 2 is 1.71 bits per heavy atom. The summed E-state index contributed by atoms with van der Waals surface area (Å²) in [5, 5.41) is 2.56. The summed E-state index contributed by atoms with van der Waals surface area (Å²) in [7, 11) is 0. The molecule has 1 saturated heterocycles. The van der Waals surface area contributed by atoms with Crippen LogP contribution in [0.25, 0.3) is 11.6 Å². The number of likely N-dealkylation sites (tertiary alicyclic amines) is 1. The predicted octanol–water partition coefficient (Wildman–Crippen LogP) is 6.78. The van der Waals surface area contributed by atoms with E-state index in [1.165, 1.54) is 27.8 Å². The van der Waals surface area contributed by atoms with Crippen molar-refractivity contribution in [1.29, 1.82) is 0 Å². The monoisotopic (exact) mass is 466 g/mol. The first-order valence-electron chi connectivity index (χ1n) is 12.1. The van der Waals surface area contributed by atoms with E-state index in [1.54, 1.807) is 26.8 Å². The van der Waals surface area contributed by atoms with Crippen molar-refractivity contribution in [2.45, 2.75) is 66.9 Å². The molecule has 1 N–H and O–H groups in total. The number of carbonyl (C=O) groups excluding carboxylic acids is 2. The molecule has 5 heteroatoms. The Balaban J connectivity index is 0.00000107. The molecule has 2 aliphatic rings. The van der Waals surface area contributed by atoms with Crippen LogP contribution in [0.1, 0.15) is 72.4 Å². The lowest BCUT2D eigenvalue weighted by Gasteiger charge is -2.30. The van der Waals surface area contributed by atoms with Gasteiger partial charge in [-0.2, -0.15) is 0 Å². The Bertz CT molecular complexity index is 923. The molecule has 0 atom stereocenters. The van der Waals surface area contributed by atoms with Crippen LogP contribution in [-0.2, 0) is 9.53 Å². The van der Waals surface area contributed by atoms with Crippen molar-refractivity contribution in [2.75, 3.05) is 19.6 Å². The van der Waals surface area contributed by atoms with Gasteiger partial charge in [-0.05, 0) is 64.2 Å². The fourth-order valence-corrected chi connectivity index (χ4v) is 3.62. The molecule has 0 unspecified atom stereocenters. The maximum Gasteiger partial charge on any atom is 0.408 e. The standard InChI is InChI=1S/C24H30N2O3.C3H6.C2H6/c1-17-9-10-18-7-5-6-8-20(18)21(15-17)19-11-13-26(14-12-19)22(27)16-25-23(28)29-24(2,3)4;1-3-2;1-2/h5-10,15H,11-14,16H2,1-4H3,(H,25,28);3H,1H2,2H3;1-2H3. The number of nitrogens with one attached hydrogen (secondary N) is 1. The third-order valence-corrected chi connectivity index (χ3v) is 5.03. The molecule has 0 radical (unpaired) electrons. The minimum absolute atomic E-state index is 0.0351. The molecule has 3 rings (SSSR count). The summed E-state index contributed by atoms with van der Waals surface area (Å²) in [5.74, 6) is -0.0745. The van der Waals surface area contributed by atoms with Crippen LogP contribution in [-0.4, -0.2) is 42.1 Å². The van der Waals surface area contributed by atoms with Crippen LogP contribution in [0.2, 0.25) is 0 Å². The highest BCUT2D eigenvalue weighted by Gasteiger charge is 2.23. The number of amides is 2. The molecule has 0 saturated carbocycles. The number of rotatable bonds is 2. The molecule has 0 bridgehead atoms. The summed E-state index contributed by atoms with van der Waals surface area (Å²) in [4.78, 5) is 26.1. The maximum atomic E-state index is 12.5. The Kier molecular flexibility index (Phi) is 12.1. The van der Waals surface area contributed by atoms with E-state index in [9.17, 15) is 9.59 Å². The summed E-state index contributed by atoms with van der Waals surface area (Å²) in [6.45, 7) is 18.0. The highest BCUT2D eigenvalue weighted by molar-refractivity contribution is 5.86. The smallest absolute Gasteiger partial charge is 0.408 e. The highest BCUT2D eigenvalue weighted by Crippen LogP contribution is 2.33. The fourth-order valence-electron chi connectivity index (χ4n) is 3.62. The van der Waals surface area contributed by atoms with Gasteiger partial charge in [-0.3, -0.25) is 4.79 Å². The molecule has 1 aliphatic heterocycles. The summed E-state index contributed by atoms with van der Waals surface area (Å²) < 4.78 is 5.19. The molecular formula is C29H42N2O3. The number of ether oxygens (including phenoxy) is 1. The van der Waals surface area contributed by atoms with Crippen molar-refractivity contribution in [1.82, 2.24) is 10.2 Å². The first-order valence-corrected chi connectivity index (χ1v) is 12.1. The van der Waals surface area contributed by atoms with Gasteiger partial charge in [-0.25, -0.2) is 4.79 Å². The topological polar surface area (TPSA) is 58.6 Å². The average molecular weight is 467 g/mol. The molecule has 186 valence electrons. The van der Waals surface area contributed by atoms with Crippen molar-refractivity contribution < 1.29 is 14.3 Å². The van der Waals surface area contributed by atoms with Gasteiger partial charge in [0.05, 0.1) is 0 Å². The van der Waals surface area contributed by atoms with E-state index >= 15 is 0 Å². The third-order valence-electron chi connectivity index (χ3n) is 5.03. The van der Waals surface area contributed by atoms with Crippen LogP contribution in [0.15, 0.2) is 60.2 Å². The molecule has 2 amide bonds. The summed E-state index contributed by atoms with van der Waals surface area (Å²) in [6.07, 6.45) is 9.42. The van der Waals surface area contributed by atoms with E-state index in [4.69, 9.17) is 4.74 Å². The largest absolute Gasteiger partial charge is 0.444 e. The quantitative estimate of drug-likeness (QED) is 0.489. The van der Waals surface area contributed by atoms with E-state index in [1.807, 2.05) is 25.7 Å². The molecule has 1 aromatic rings. The minimum atomic E-state index is -0.575. The van der Waals surface area contributed by atoms with E-state index < -0.39 is 11.7 Å². The number of hydrogen-bond donors (Lipinski definition) is 1. The van der Waals surface area contributed by atoms with E-state index in [0.29, 0.717) is 13.1 Å². The number of allylic oxidation sites excluding steroid dienone is 5. The number of alkyl carbamates (subject to hydrolysis) is 1. The summed E-state index contributed by atoms with van der Waals surface area (Å²) in [6, 6.07) is 8.44. The first kappa shape index (κ1) is 29.0. The van der Waals surface area contributed by atoms with E-state index in [2.05, 4.69) is 61.3 Å². The van der Waals surface area contributed by atoms with Crippen molar-refractivity contribution in [3.8, 4) is 0 Å². The number of piperidine rings is 1. The summed E-state index contributed by atoms with van der Waals surface area (Å²) >= 11 is 0. The lowest BCUT2D eigenvalue weighted by atomic mass is 9.90. The van der Waals surface area contributed by atoms with Gasteiger partial charge in [0.2, 0.25) is 5.91 Å². The van der Waals surface area contributed by atoms with Gasteiger partial charge in [-0.15, -0.1) is 6.58 Å². The van der Waals surface area contributed by atoms with E-state index in [-0.39, 0.29) is 12.5 Å². The van der Waals surface area contributed by atoms with Gasteiger partial charge in [0, 0.05) is 13.1 Å².